The van der Waals surface area contributed by atoms with Gasteiger partial charge in [-0.2, -0.15) is 0 Å². The molecule has 2 unspecified atom stereocenters. The van der Waals surface area contributed by atoms with E-state index in [9.17, 15) is 9.59 Å². The van der Waals surface area contributed by atoms with Gasteiger partial charge in [-0.15, -0.1) is 6.58 Å². The molecule has 1 aliphatic heterocycles. The minimum Gasteiger partial charge on any atom is -0.489 e. The molecule has 2 amide bonds. The molecule has 134 valence electrons. The Hall–Kier alpha value is -3.08. The average molecular weight is 350 g/mol. The van der Waals surface area contributed by atoms with Crippen molar-refractivity contribution in [2.75, 3.05) is 11.9 Å². The van der Waals surface area contributed by atoms with Crippen LogP contribution in [0.1, 0.15) is 46.0 Å². The first-order valence-corrected chi connectivity index (χ1v) is 8.62. The van der Waals surface area contributed by atoms with Crippen LogP contribution in [0.25, 0.3) is 0 Å². The van der Waals surface area contributed by atoms with E-state index in [-0.39, 0.29) is 23.8 Å². The predicted octanol–water partition coefficient (Wildman–Crippen LogP) is 3.74. The lowest BCUT2D eigenvalue weighted by Gasteiger charge is -2.13. The third-order valence-corrected chi connectivity index (χ3v) is 4.62. The molecule has 2 atom stereocenters. The zero-order chi connectivity index (χ0) is 18.7. The van der Waals surface area contributed by atoms with Gasteiger partial charge in [0.05, 0.1) is 16.8 Å². The standard InChI is InChI=1S/C21H22N2O3/c1-4-12-22-20(24)16-8-5-6-11-18(16)23-21(25)17-10-7-9-15-13(2)14(3)26-19(15)17/h4-11,13-14H,1,12H2,2-3H3,(H,22,24)(H,23,25). The zero-order valence-corrected chi connectivity index (χ0v) is 14.9. The summed E-state index contributed by atoms with van der Waals surface area (Å²) in [6, 6.07) is 12.5. The Morgan fingerprint density at radius 1 is 1.08 bits per heavy atom. The van der Waals surface area contributed by atoms with Crippen LogP contribution in [0.3, 0.4) is 0 Å². The van der Waals surface area contributed by atoms with Crippen molar-refractivity contribution in [1.82, 2.24) is 5.32 Å². The van der Waals surface area contributed by atoms with Crippen LogP contribution in [0.4, 0.5) is 5.69 Å². The SMILES string of the molecule is C=CCNC(=O)c1ccccc1NC(=O)c1cccc2c1OC(C)C2C. The Balaban J connectivity index is 1.87. The minimum atomic E-state index is -0.299. The van der Waals surface area contributed by atoms with Gasteiger partial charge in [0.25, 0.3) is 11.8 Å². The number of amides is 2. The van der Waals surface area contributed by atoms with E-state index < -0.39 is 0 Å². The van der Waals surface area contributed by atoms with Gasteiger partial charge in [-0.05, 0) is 25.1 Å². The van der Waals surface area contributed by atoms with Gasteiger partial charge in [-0.25, -0.2) is 0 Å². The van der Waals surface area contributed by atoms with Crippen molar-refractivity contribution < 1.29 is 14.3 Å². The van der Waals surface area contributed by atoms with Gasteiger partial charge < -0.3 is 15.4 Å². The molecule has 0 bridgehead atoms. The van der Waals surface area contributed by atoms with Gasteiger partial charge in [0.2, 0.25) is 0 Å². The molecular formula is C21H22N2O3. The second-order valence-corrected chi connectivity index (χ2v) is 6.33. The highest BCUT2D eigenvalue weighted by Crippen LogP contribution is 2.40. The third-order valence-electron chi connectivity index (χ3n) is 4.62. The van der Waals surface area contributed by atoms with Crippen LogP contribution in [0.2, 0.25) is 0 Å². The number of hydrogen-bond acceptors (Lipinski definition) is 3. The average Bonchev–Trinajstić information content (AvgIpc) is 2.94. The first-order valence-electron chi connectivity index (χ1n) is 8.62. The predicted molar refractivity (Wildman–Crippen MR) is 102 cm³/mol. The summed E-state index contributed by atoms with van der Waals surface area (Å²) in [5, 5.41) is 5.56. The molecule has 0 fully saturated rings. The van der Waals surface area contributed by atoms with Crippen molar-refractivity contribution in [2.24, 2.45) is 0 Å². The third kappa shape index (κ3) is 3.33. The second-order valence-electron chi connectivity index (χ2n) is 6.33. The number of ether oxygens (including phenoxy) is 1. The summed E-state index contributed by atoms with van der Waals surface area (Å²) in [4.78, 5) is 25.1. The lowest BCUT2D eigenvalue weighted by Crippen LogP contribution is -2.25. The number of para-hydroxylation sites is 2. The van der Waals surface area contributed by atoms with E-state index in [2.05, 4.69) is 24.1 Å². The molecular weight excluding hydrogens is 328 g/mol. The fraction of sp³-hybridized carbons (Fsp3) is 0.238. The Morgan fingerprint density at radius 3 is 2.58 bits per heavy atom. The van der Waals surface area contributed by atoms with Crippen molar-refractivity contribution in [1.29, 1.82) is 0 Å². The summed E-state index contributed by atoms with van der Waals surface area (Å²) in [7, 11) is 0. The number of anilines is 1. The van der Waals surface area contributed by atoms with Crippen LogP contribution in [-0.2, 0) is 0 Å². The summed E-state index contributed by atoms with van der Waals surface area (Å²) in [6.07, 6.45) is 1.63. The van der Waals surface area contributed by atoms with Gasteiger partial charge in [0.15, 0.2) is 0 Å². The highest BCUT2D eigenvalue weighted by Gasteiger charge is 2.31. The minimum absolute atomic E-state index is 0.0240. The Kier molecular flexibility index (Phi) is 5.07. The highest BCUT2D eigenvalue weighted by molar-refractivity contribution is 6.10. The number of carbonyl (C=O) groups is 2. The molecule has 2 aromatic rings. The first kappa shape index (κ1) is 17.7. The van der Waals surface area contributed by atoms with Crippen LogP contribution in [0, 0.1) is 0 Å². The number of nitrogens with one attached hydrogen (secondary N) is 2. The number of carbonyl (C=O) groups excluding carboxylic acids is 2. The molecule has 0 radical (unpaired) electrons. The summed E-state index contributed by atoms with van der Waals surface area (Å²) in [6.45, 7) is 8.01. The summed E-state index contributed by atoms with van der Waals surface area (Å²) in [5.74, 6) is 0.290. The van der Waals surface area contributed by atoms with Gasteiger partial charge in [-0.1, -0.05) is 37.3 Å². The van der Waals surface area contributed by atoms with Gasteiger partial charge in [-0.3, -0.25) is 9.59 Å². The Morgan fingerprint density at radius 2 is 1.81 bits per heavy atom. The Bertz CT molecular complexity index is 860. The smallest absolute Gasteiger partial charge is 0.259 e. The van der Waals surface area contributed by atoms with E-state index in [4.69, 9.17) is 4.74 Å². The van der Waals surface area contributed by atoms with E-state index in [1.54, 1.807) is 36.4 Å². The molecule has 1 heterocycles. The van der Waals surface area contributed by atoms with Crippen molar-refractivity contribution in [3.05, 3.63) is 71.8 Å². The van der Waals surface area contributed by atoms with E-state index in [0.29, 0.717) is 29.1 Å². The van der Waals surface area contributed by atoms with Crippen LogP contribution >= 0.6 is 0 Å². The molecule has 2 N–H and O–H groups in total. The maximum Gasteiger partial charge on any atom is 0.259 e. The van der Waals surface area contributed by atoms with Gasteiger partial charge in [0, 0.05) is 18.0 Å². The van der Waals surface area contributed by atoms with Crippen LogP contribution < -0.4 is 15.4 Å². The molecule has 26 heavy (non-hydrogen) atoms. The zero-order valence-electron chi connectivity index (χ0n) is 14.9. The van der Waals surface area contributed by atoms with E-state index in [1.807, 2.05) is 19.1 Å². The number of fused-ring (bicyclic) bond motifs is 1. The maximum absolute atomic E-state index is 12.8. The molecule has 0 aliphatic carbocycles. The number of benzene rings is 2. The van der Waals surface area contributed by atoms with Crippen LogP contribution in [0.15, 0.2) is 55.1 Å². The first-order chi connectivity index (χ1) is 12.5. The van der Waals surface area contributed by atoms with Crippen molar-refractivity contribution in [3.63, 3.8) is 0 Å². The molecule has 1 aliphatic rings. The highest BCUT2D eigenvalue weighted by atomic mass is 16.5. The van der Waals surface area contributed by atoms with E-state index in [1.165, 1.54) is 0 Å². The molecule has 0 saturated carbocycles. The van der Waals surface area contributed by atoms with Gasteiger partial charge in [0.1, 0.15) is 11.9 Å². The van der Waals surface area contributed by atoms with Gasteiger partial charge >= 0.3 is 0 Å². The molecule has 0 aromatic heterocycles. The summed E-state index contributed by atoms with van der Waals surface area (Å²) in [5.41, 5.74) is 2.36. The monoisotopic (exact) mass is 350 g/mol. The fourth-order valence-electron chi connectivity index (χ4n) is 3.00. The van der Waals surface area contributed by atoms with Crippen molar-refractivity contribution in [3.8, 4) is 5.75 Å². The number of hydrogen-bond donors (Lipinski definition) is 2. The molecule has 3 rings (SSSR count). The molecule has 5 heteroatoms. The quantitative estimate of drug-likeness (QED) is 0.807. The largest absolute Gasteiger partial charge is 0.489 e. The summed E-state index contributed by atoms with van der Waals surface area (Å²) >= 11 is 0. The molecule has 0 saturated heterocycles. The Labute approximate surface area is 153 Å². The lowest BCUT2D eigenvalue weighted by molar-refractivity contribution is 0.0959. The summed E-state index contributed by atoms with van der Waals surface area (Å²) < 4.78 is 5.89. The normalized spacial score (nSPS) is 17.8. The number of rotatable bonds is 5. The topological polar surface area (TPSA) is 67.4 Å². The van der Waals surface area contributed by atoms with E-state index >= 15 is 0 Å². The molecule has 5 nitrogen and oxygen atoms in total. The fourth-order valence-corrected chi connectivity index (χ4v) is 3.00. The molecule has 0 spiro atoms. The second kappa shape index (κ2) is 7.44. The van der Waals surface area contributed by atoms with Crippen LogP contribution in [0.5, 0.6) is 5.75 Å². The van der Waals surface area contributed by atoms with Crippen molar-refractivity contribution >= 4 is 17.5 Å². The molecule has 2 aromatic carbocycles. The van der Waals surface area contributed by atoms with E-state index in [0.717, 1.165) is 5.56 Å². The van der Waals surface area contributed by atoms with Crippen LogP contribution in [-0.4, -0.2) is 24.5 Å². The maximum atomic E-state index is 12.8. The van der Waals surface area contributed by atoms with Crippen molar-refractivity contribution in [2.45, 2.75) is 25.9 Å². The lowest BCUT2D eigenvalue weighted by atomic mass is 9.97.